The van der Waals surface area contributed by atoms with Gasteiger partial charge in [0.05, 0.1) is 30.9 Å². The van der Waals surface area contributed by atoms with E-state index in [2.05, 4.69) is 46.1 Å². The average molecular weight is 364 g/mol. The molecule has 2 N–H and O–H groups in total. The van der Waals surface area contributed by atoms with E-state index in [-0.39, 0.29) is 12.1 Å². The molecule has 2 aliphatic rings. The van der Waals surface area contributed by atoms with Gasteiger partial charge in [-0.15, -0.1) is 0 Å². The van der Waals surface area contributed by atoms with E-state index < -0.39 is 0 Å². The van der Waals surface area contributed by atoms with E-state index >= 15 is 0 Å². The Hall–Kier alpha value is -2.43. The molecule has 0 bridgehead atoms. The highest BCUT2D eigenvalue weighted by Crippen LogP contribution is 2.25. The van der Waals surface area contributed by atoms with Gasteiger partial charge >= 0.3 is 0 Å². The summed E-state index contributed by atoms with van der Waals surface area (Å²) < 4.78 is 11.6. The highest BCUT2D eigenvalue weighted by atomic mass is 16.5. The van der Waals surface area contributed by atoms with E-state index in [1.165, 1.54) is 11.1 Å². The van der Waals surface area contributed by atoms with Crippen LogP contribution in [0.2, 0.25) is 0 Å². The van der Waals surface area contributed by atoms with Crippen molar-refractivity contribution in [2.75, 3.05) is 32.8 Å². The molecule has 2 saturated heterocycles. The second kappa shape index (κ2) is 8.51. The first-order valence-electron chi connectivity index (χ1n) is 9.36. The Morgan fingerprint density at radius 1 is 1.15 bits per heavy atom. The maximum Gasteiger partial charge on any atom is 0.133 e. The van der Waals surface area contributed by atoms with Crippen molar-refractivity contribution in [1.82, 2.24) is 15.8 Å². The second-order valence-corrected chi connectivity index (χ2v) is 6.93. The zero-order chi connectivity index (χ0) is 18.5. The molecule has 0 radical (unpaired) electrons. The van der Waals surface area contributed by atoms with Gasteiger partial charge in [-0.1, -0.05) is 24.3 Å². The number of nitrogens with zero attached hydrogens (tertiary/aromatic N) is 2. The van der Waals surface area contributed by atoms with E-state index in [0.29, 0.717) is 5.56 Å². The lowest BCUT2D eigenvalue weighted by Gasteiger charge is -2.27. The summed E-state index contributed by atoms with van der Waals surface area (Å²) in [7, 11) is 0. The summed E-state index contributed by atoms with van der Waals surface area (Å²) in [6.45, 7) is 5.26. The van der Waals surface area contributed by atoms with Gasteiger partial charge in [-0.05, 0) is 35.4 Å². The molecule has 2 heterocycles. The molecule has 0 aliphatic carbocycles. The minimum Gasteiger partial charge on any atom is -0.487 e. The molecule has 0 aromatic heterocycles. The number of rotatable bonds is 5. The predicted octanol–water partition coefficient (Wildman–Crippen LogP) is 1.99. The van der Waals surface area contributed by atoms with Crippen LogP contribution in [0.3, 0.4) is 0 Å². The molecule has 0 amide bonds. The smallest absolute Gasteiger partial charge is 0.133 e. The molecule has 27 heavy (non-hydrogen) atoms. The van der Waals surface area contributed by atoms with E-state index in [9.17, 15) is 0 Å². The lowest BCUT2D eigenvalue weighted by Crippen LogP contribution is -2.35. The van der Waals surface area contributed by atoms with Crippen molar-refractivity contribution in [3.8, 4) is 11.8 Å². The minimum atomic E-state index is -0.0171. The number of nitriles is 1. The third-order valence-electron chi connectivity index (χ3n) is 5.02. The van der Waals surface area contributed by atoms with Crippen LogP contribution in [0.5, 0.6) is 5.75 Å². The van der Waals surface area contributed by atoms with Crippen molar-refractivity contribution in [3.05, 3.63) is 65.2 Å². The number of hydrogen-bond acceptors (Lipinski definition) is 6. The molecule has 4 rings (SSSR count). The Kier molecular flexibility index (Phi) is 5.66. The van der Waals surface area contributed by atoms with Crippen molar-refractivity contribution in [3.63, 3.8) is 0 Å². The van der Waals surface area contributed by atoms with Crippen LogP contribution >= 0.6 is 0 Å². The number of benzene rings is 2. The van der Waals surface area contributed by atoms with Crippen molar-refractivity contribution >= 4 is 0 Å². The second-order valence-electron chi connectivity index (χ2n) is 6.93. The monoisotopic (exact) mass is 364 g/mol. The summed E-state index contributed by atoms with van der Waals surface area (Å²) in [5, 5.41) is 8.93. The van der Waals surface area contributed by atoms with E-state index in [4.69, 9.17) is 14.7 Å². The topological polar surface area (TPSA) is 69.5 Å². The maximum atomic E-state index is 8.93. The third kappa shape index (κ3) is 4.46. The number of nitrogens with one attached hydrogen (secondary N) is 2. The Bertz CT molecular complexity index is 797. The van der Waals surface area contributed by atoms with Crippen molar-refractivity contribution in [2.45, 2.75) is 18.7 Å². The first-order chi connectivity index (χ1) is 13.3. The van der Waals surface area contributed by atoms with Gasteiger partial charge in [-0.25, -0.2) is 5.43 Å². The van der Waals surface area contributed by atoms with Crippen LogP contribution in [-0.4, -0.2) is 43.9 Å². The molecule has 6 heteroatoms. The van der Waals surface area contributed by atoms with Crippen molar-refractivity contribution < 1.29 is 9.47 Å². The predicted molar refractivity (Wildman–Crippen MR) is 102 cm³/mol. The van der Waals surface area contributed by atoms with Gasteiger partial charge in [0.2, 0.25) is 0 Å². The zero-order valence-electron chi connectivity index (χ0n) is 15.2. The Morgan fingerprint density at radius 3 is 2.74 bits per heavy atom. The van der Waals surface area contributed by atoms with Crippen LogP contribution in [0.25, 0.3) is 0 Å². The fourth-order valence-electron chi connectivity index (χ4n) is 3.57. The molecule has 2 aliphatic heterocycles. The largest absolute Gasteiger partial charge is 0.487 e. The molecular formula is C21H24N4O2. The van der Waals surface area contributed by atoms with Gasteiger partial charge in [0.1, 0.15) is 11.9 Å². The average Bonchev–Trinajstić information content (AvgIpc) is 3.18. The van der Waals surface area contributed by atoms with E-state index in [1.807, 2.05) is 12.1 Å². The summed E-state index contributed by atoms with van der Waals surface area (Å²) in [6, 6.07) is 18.2. The fraction of sp³-hybridized carbons (Fsp3) is 0.381. The quantitative estimate of drug-likeness (QED) is 0.846. The third-order valence-corrected chi connectivity index (χ3v) is 5.02. The minimum absolute atomic E-state index is 0.0171. The van der Waals surface area contributed by atoms with Crippen LogP contribution in [0.1, 0.15) is 22.7 Å². The van der Waals surface area contributed by atoms with Gasteiger partial charge < -0.3 is 9.47 Å². The highest BCUT2D eigenvalue weighted by molar-refractivity contribution is 5.35. The maximum absolute atomic E-state index is 8.93. The fourth-order valence-corrected chi connectivity index (χ4v) is 3.57. The molecule has 2 aromatic rings. The van der Waals surface area contributed by atoms with Crippen LogP contribution in [0.4, 0.5) is 0 Å². The normalized spacial score (nSPS) is 23.1. The van der Waals surface area contributed by atoms with Crippen molar-refractivity contribution in [2.24, 2.45) is 0 Å². The summed E-state index contributed by atoms with van der Waals surface area (Å²) in [5.74, 6) is 0.777. The molecule has 2 unspecified atom stereocenters. The Morgan fingerprint density at radius 2 is 1.96 bits per heavy atom. The van der Waals surface area contributed by atoms with E-state index in [0.717, 1.165) is 45.1 Å². The number of ether oxygens (including phenoxy) is 2. The molecule has 6 nitrogen and oxygen atoms in total. The first-order valence-corrected chi connectivity index (χ1v) is 9.36. The lowest BCUT2D eigenvalue weighted by atomic mass is 10.0. The molecule has 2 atom stereocenters. The molecule has 2 aromatic carbocycles. The Labute approximate surface area is 159 Å². The molecular weight excluding hydrogens is 340 g/mol. The van der Waals surface area contributed by atoms with Gasteiger partial charge in [0.25, 0.3) is 0 Å². The van der Waals surface area contributed by atoms with Crippen LogP contribution in [-0.2, 0) is 11.3 Å². The standard InChI is InChI=1S/C21H24N4O2/c22-13-16-4-6-19(7-5-16)27-20-14-23-24-21(20)18-3-1-2-17(12-18)15-25-8-10-26-11-9-25/h1-7,12,20-21,23-24H,8-11,14-15H2. The zero-order valence-corrected chi connectivity index (χ0v) is 15.2. The molecule has 0 spiro atoms. The number of hydrazine groups is 1. The van der Waals surface area contributed by atoms with E-state index in [1.54, 1.807) is 12.1 Å². The SMILES string of the molecule is N#Cc1ccc(OC2CNNC2c2cccc(CN3CCOCC3)c2)cc1. The summed E-state index contributed by atoms with van der Waals surface area (Å²) in [6.07, 6.45) is -0.0171. The van der Waals surface area contributed by atoms with Crippen LogP contribution in [0.15, 0.2) is 48.5 Å². The van der Waals surface area contributed by atoms with Crippen LogP contribution < -0.4 is 15.6 Å². The first kappa shape index (κ1) is 18.0. The summed E-state index contributed by atoms with van der Waals surface area (Å²) in [5.41, 5.74) is 9.70. The summed E-state index contributed by atoms with van der Waals surface area (Å²) in [4.78, 5) is 2.42. The van der Waals surface area contributed by atoms with Crippen molar-refractivity contribution in [1.29, 1.82) is 5.26 Å². The van der Waals surface area contributed by atoms with Gasteiger partial charge in [-0.3, -0.25) is 10.3 Å². The lowest BCUT2D eigenvalue weighted by molar-refractivity contribution is 0.0342. The molecule has 2 fully saturated rings. The molecule has 140 valence electrons. The molecule has 0 saturated carbocycles. The van der Waals surface area contributed by atoms with Gasteiger partial charge in [0, 0.05) is 26.2 Å². The van der Waals surface area contributed by atoms with Crippen LogP contribution in [0, 0.1) is 11.3 Å². The van der Waals surface area contributed by atoms with Gasteiger partial charge in [0.15, 0.2) is 0 Å². The Balaban J connectivity index is 1.44. The highest BCUT2D eigenvalue weighted by Gasteiger charge is 2.30. The summed E-state index contributed by atoms with van der Waals surface area (Å²) >= 11 is 0. The van der Waals surface area contributed by atoms with Gasteiger partial charge in [-0.2, -0.15) is 5.26 Å². The number of morpholine rings is 1. The number of hydrogen-bond donors (Lipinski definition) is 2.